The van der Waals surface area contributed by atoms with Crippen molar-refractivity contribution in [2.75, 3.05) is 13.2 Å². The number of dihydropyridines is 1. The minimum Gasteiger partial charge on any atom is -0.462 e. The number of rotatable bonds is 10. The van der Waals surface area contributed by atoms with Gasteiger partial charge in [0.15, 0.2) is 0 Å². The summed E-state index contributed by atoms with van der Waals surface area (Å²) in [4.78, 5) is 42.2. The minimum absolute atomic E-state index is 0.0882. The maximum atomic E-state index is 13.5. The van der Waals surface area contributed by atoms with Crippen LogP contribution in [0.3, 0.4) is 0 Å². The Morgan fingerprint density at radius 1 is 0.897 bits per heavy atom. The van der Waals surface area contributed by atoms with Crippen LogP contribution in [-0.2, 0) is 39.0 Å². The fourth-order valence-corrected chi connectivity index (χ4v) is 4.68. The summed E-state index contributed by atoms with van der Waals surface area (Å²) in [6, 6.07) is 19.1. The number of hydrogen-bond donors (Lipinski definition) is 1. The third-order valence-corrected chi connectivity index (χ3v) is 6.54. The number of hydrogen-bond acceptors (Lipinski definition) is 8. The second-order valence-corrected chi connectivity index (χ2v) is 9.20. The van der Waals surface area contributed by atoms with Gasteiger partial charge in [-0.15, -0.1) is 0 Å². The zero-order valence-corrected chi connectivity index (χ0v) is 22.0. The second kappa shape index (κ2) is 12.2. The first-order valence-corrected chi connectivity index (χ1v) is 12.5. The first kappa shape index (κ1) is 27.3. The number of allylic oxidation sites excluding steroid dienone is 2. The lowest BCUT2D eigenvalue weighted by Gasteiger charge is -2.30. The molecule has 1 aliphatic heterocycles. The summed E-state index contributed by atoms with van der Waals surface area (Å²) in [6.07, 6.45) is 2.27. The predicted octanol–water partition coefficient (Wildman–Crippen LogP) is 4.13. The first-order valence-electron chi connectivity index (χ1n) is 12.5. The molecule has 2 aromatic carbocycles. The SMILES string of the molecule is CC1=C(C(=O)OCCc2ccccc2)C(c2c([N+](=O)[O-])ncn2C)C(C(=O)OCCc2ccccc2)=C(C)N1. The fourth-order valence-electron chi connectivity index (χ4n) is 4.68. The molecule has 0 radical (unpaired) electrons. The largest absolute Gasteiger partial charge is 0.462 e. The van der Waals surface area contributed by atoms with Crippen molar-refractivity contribution in [1.29, 1.82) is 0 Å². The Morgan fingerprint density at radius 3 is 1.79 bits per heavy atom. The molecule has 1 aliphatic rings. The molecule has 10 heteroatoms. The van der Waals surface area contributed by atoms with E-state index in [1.54, 1.807) is 20.9 Å². The van der Waals surface area contributed by atoms with Gasteiger partial charge in [0.05, 0.1) is 30.3 Å². The summed E-state index contributed by atoms with van der Waals surface area (Å²) in [7, 11) is 1.58. The molecule has 4 rings (SSSR count). The highest BCUT2D eigenvalue weighted by Crippen LogP contribution is 2.42. The van der Waals surface area contributed by atoms with E-state index in [2.05, 4.69) is 10.3 Å². The molecular weight excluding hydrogens is 500 g/mol. The highest BCUT2D eigenvalue weighted by atomic mass is 16.6. The molecule has 0 saturated heterocycles. The van der Waals surface area contributed by atoms with E-state index < -0.39 is 28.6 Å². The zero-order chi connectivity index (χ0) is 27.9. The van der Waals surface area contributed by atoms with Gasteiger partial charge in [0, 0.05) is 31.3 Å². The van der Waals surface area contributed by atoms with E-state index in [0.29, 0.717) is 24.2 Å². The fraction of sp³-hybridized carbons (Fsp3) is 0.276. The van der Waals surface area contributed by atoms with Crippen LogP contribution in [0.25, 0.3) is 0 Å². The maximum Gasteiger partial charge on any atom is 0.385 e. The van der Waals surface area contributed by atoms with Gasteiger partial charge in [-0.05, 0) is 34.9 Å². The van der Waals surface area contributed by atoms with Crippen molar-refractivity contribution in [3.63, 3.8) is 0 Å². The standard InChI is InChI=1S/C29H30N4O6/c1-19-23(28(34)38-16-14-21-10-6-4-7-11-21)25(26-27(33(36)37)30-18-32(26)3)24(20(2)31-19)29(35)39-17-15-22-12-8-5-9-13-22/h4-13,18,25,31H,14-17H2,1-3H3. The summed E-state index contributed by atoms with van der Waals surface area (Å²) in [5.41, 5.74) is 3.12. The molecule has 0 spiro atoms. The number of esters is 2. The van der Waals surface area contributed by atoms with Crippen LogP contribution < -0.4 is 5.32 Å². The van der Waals surface area contributed by atoms with E-state index in [9.17, 15) is 19.7 Å². The Morgan fingerprint density at radius 2 is 1.36 bits per heavy atom. The number of aromatic nitrogens is 2. The number of nitro groups is 1. The monoisotopic (exact) mass is 530 g/mol. The summed E-state index contributed by atoms with van der Waals surface area (Å²) in [6.45, 7) is 3.53. The summed E-state index contributed by atoms with van der Waals surface area (Å²) < 4.78 is 12.7. The molecule has 10 nitrogen and oxygen atoms in total. The number of aryl methyl sites for hydroxylation is 1. The molecule has 2 heterocycles. The third kappa shape index (κ3) is 6.23. The predicted molar refractivity (Wildman–Crippen MR) is 143 cm³/mol. The molecule has 39 heavy (non-hydrogen) atoms. The number of benzene rings is 2. The Balaban J connectivity index is 1.64. The quantitative estimate of drug-likeness (QED) is 0.236. The van der Waals surface area contributed by atoms with Gasteiger partial charge in [-0.25, -0.2) is 9.59 Å². The Bertz CT molecular complexity index is 1350. The summed E-state index contributed by atoms with van der Waals surface area (Å²) in [5.74, 6) is -2.93. The van der Waals surface area contributed by atoms with Gasteiger partial charge in [0.2, 0.25) is 6.33 Å². The van der Waals surface area contributed by atoms with Crippen molar-refractivity contribution in [1.82, 2.24) is 14.9 Å². The molecule has 0 unspecified atom stereocenters. The highest BCUT2D eigenvalue weighted by Gasteiger charge is 2.43. The third-order valence-electron chi connectivity index (χ3n) is 6.54. The van der Waals surface area contributed by atoms with Crippen molar-refractivity contribution in [2.24, 2.45) is 7.05 Å². The van der Waals surface area contributed by atoms with E-state index >= 15 is 0 Å². The molecule has 0 saturated carbocycles. The molecule has 1 aromatic heterocycles. The van der Waals surface area contributed by atoms with Gasteiger partial charge in [-0.1, -0.05) is 60.7 Å². The minimum atomic E-state index is -1.12. The van der Waals surface area contributed by atoms with Crippen LogP contribution in [0.15, 0.2) is 89.5 Å². The lowest BCUT2D eigenvalue weighted by atomic mass is 9.82. The van der Waals surface area contributed by atoms with Crippen LogP contribution in [0.5, 0.6) is 0 Å². The Hall–Kier alpha value is -4.73. The van der Waals surface area contributed by atoms with Gasteiger partial charge >= 0.3 is 17.8 Å². The van der Waals surface area contributed by atoms with Crippen LogP contribution in [0, 0.1) is 10.1 Å². The van der Waals surface area contributed by atoms with E-state index in [0.717, 1.165) is 11.1 Å². The molecule has 3 aromatic rings. The molecular formula is C29H30N4O6. The summed E-state index contributed by atoms with van der Waals surface area (Å²) in [5, 5.41) is 15.0. The molecule has 202 valence electrons. The molecule has 1 N–H and O–H groups in total. The highest BCUT2D eigenvalue weighted by molar-refractivity contribution is 6.00. The van der Waals surface area contributed by atoms with Crippen LogP contribution in [0.2, 0.25) is 0 Å². The van der Waals surface area contributed by atoms with Crippen molar-refractivity contribution in [3.8, 4) is 0 Å². The summed E-state index contributed by atoms with van der Waals surface area (Å²) >= 11 is 0. The average Bonchev–Trinajstić information content (AvgIpc) is 3.30. The zero-order valence-electron chi connectivity index (χ0n) is 22.0. The van der Waals surface area contributed by atoms with Crippen molar-refractivity contribution < 1.29 is 24.0 Å². The topological polar surface area (TPSA) is 126 Å². The number of nitrogens with one attached hydrogen (secondary N) is 1. The lowest BCUT2D eigenvalue weighted by molar-refractivity contribution is -0.390. The van der Waals surface area contributed by atoms with Crippen molar-refractivity contribution in [2.45, 2.75) is 32.6 Å². The Kier molecular flexibility index (Phi) is 8.55. The molecule has 0 atom stereocenters. The average molecular weight is 531 g/mol. The smallest absolute Gasteiger partial charge is 0.385 e. The first-order chi connectivity index (χ1) is 18.8. The number of imidazole rings is 1. The second-order valence-electron chi connectivity index (χ2n) is 9.20. The van der Waals surface area contributed by atoms with Gasteiger partial charge in [0.25, 0.3) is 0 Å². The van der Waals surface area contributed by atoms with Gasteiger partial charge < -0.3 is 29.5 Å². The van der Waals surface area contributed by atoms with Gasteiger partial charge in [0.1, 0.15) is 5.69 Å². The van der Waals surface area contributed by atoms with E-state index in [1.807, 2.05) is 60.7 Å². The Labute approximate surface area is 226 Å². The van der Waals surface area contributed by atoms with Crippen molar-refractivity contribution in [3.05, 3.63) is 116 Å². The molecule has 0 amide bonds. The van der Waals surface area contributed by atoms with Gasteiger partial charge in [-0.2, -0.15) is 0 Å². The van der Waals surface area contributed by atoms with E-state index in [1.165, 1.54) is 10.9 Å². The molecule has 0 aliphatic carbocycles. The maximum absolute atomic E-state index is 13.5. The lowest BCUT2D eigenvalue weighted by Crippen LogP contribution is -2.34. The normalized spacial score (nSPS) is 13.7. The van der Waals surface area contributed by atoms with Crippen LogP contribution in [-0.4, -0.2) is 39.6 Å². The van der Waals surface area contributed by atoms with Crippen molar-refractivity contribution >= 4 is 17.8 Å². The van der Waals surface area contributed by atoms with Crippen LogP contribution >= 0.6 is 0 Å². The van der Waals surface area contributed by atoms with E-state index in [4.69, 9.17) is 9.47 Å². The molecule has 0 bridgehead atoms. The van der Waals surface area contributed by atoms with Crippen LogP contribution in [0.1, 0.15) is 36.6 Å². The number of carbonyl (C=O) groups is 2. The number of carbonyl (C=O) groups excluding carboxylic acids is 2. The van der Waals surface area contributed by atoms with Gasteiger partial charge in [-0.3, -0.25) is 0 Å². The van der Waals surface area contributed by atoms with E-state index in [-0.39, 0.29) is 30.1 Å². The van der Waals surface area contributed by atoms with Crippen LogP contribution in [0.4, 0.5) is 5.82 Å². The number of ether oxygens (including phenoxy) is 2. The molecule has 0 fully saturated rings. The number of nitrogens with zero attached hydrogens (tertiary/aromatic N) is 3.